The van der Waals surface area contributed by atoms with E-state index in [9.17, 15) is 9.18 Å². The molecule has 0 aliphatic heterocycles. The van der Waals surface area contributed by atoms with Gasteiger partial charge in [-0.15, -0.1) is 0 Å². The number of hydrogen-bond acceptors (Lipinski definition) is 3. The number of imidazole rings is 1. The average Bonchev–Trinajstić information content (AvgIpc) is 3.05. The second kappa shape index (κ2) is 8.75. The van der Waals surface area contributed by atoms with Crippen molar-refractivity contribution < 1.29 is 13.9 Å². The third-order valence-corrected chi connectivity index (χ3v) is 4.92. The maximum Gasteiger partial charge on any atom is 0.258 e. The lowest BCUT2D eigenvalue weighted by atomic mass is 10.1. The van der Waals surface area contributed by atoms with E-state index < -0.39 is 17.8 Å². The van der Waals surface area contributed by atoms with E-state index in [0.717, 1.165) is 10.0 Å². The van der Waals surface area contributed by atoms with E-state index in [4.69, 9.17) is 16.3 Å². The summed E-state index contributed by atoms with van der Waals surface area (Å²) in [6.07, 6.45) is 3.33. The summed E-state index contributed by atoms with van der Waals surface area (Å²) in [6, 6.07) is 9.05. The van der Waals surface area contributed by atoms with Crippen LogP contribution < -0.4 is 10.1 Å². The minimum Gasteiger partial charge on any atom is -0.482 e. The van der Waals surface area contributed by atoms with Gasteiger partial charge in [0.05, 0.1) is 5.02 Å². The third-order valence-electron chi connectivity index (χ3n) is 4.18. The van der Waals surface area contributed by atoms with Crippen LogP contribution in [0, 0.1) is 12.7 Å². The van der Waals surface area contributed by atoms with Crippen molar-refractivity contribution in [1.29, 1.82) is 0 Å². The van der Waals surface area contributed by atoms with Crippen LogP contribution in [0.1, 0.15) is 23.0 Å². The molecule has 1 heterocycles. The van der Waals surface area contributed by atoms with Crippen LogP contribution in [0.4, 0.5) is 4.39 Å². The number of aromatic nitrogens is 2. The van der Waals surface area contributed by atoms with Crippen LogP contribution in [0.25, 0.3) is 0 Å². The molecule has 0 bridgehead atoms. The molecule has 1 amide bonds. The second-order valence-electron chi connectivity index (χ2n) is 6.24. The topological polar surface area (TPSA) is 56.1 Å². The molecular weight excluding hydrogens is 449 g/mol. The number of hydrogen-bond donors (Lipinski definition) is 1. The van der Waals surface area contributed by atoms with Crippen LogP contribution in [0.3, 0.4) is 0 Å². The Morgan fingerprint density at radius 1 is 1.39 bits per heavy atom. The molecule has 0 saturated heterocycles. The zero-order valence-electron chi connectivity index (χ0n) is 15.2. The number of carbonyl (C=O) groups is 1. The highest BCUT2D eigenvalue weighted by Gasteiger charge is 2.24. The normalized spacial score (nSPS) is 11.9. The Balaban J connectivity index is 1.79. The monoisotopic (exact) mass is 465 g/mol. The Morgan fingerprint density at radius 3 is 2.79 bits per heavy atom. The first-order valence-corrected chi connectivity index (χ1v) is 9.63. The molecule has 1 N–H and O–H groups in total. The van der Waals surface area contributed by atoms with Crippen molar-refractivity contribution in [1.82, 2.24) is 14.9 Å². The Kier molecular flexibility index (Phi) is 6.36. The SMILES string of the molecule is Cc1cc(Br)cc(Cl)c1OCC(=O)N[C@H](c1ccccc1F)c1nccn1C. The number of benzene rings is 2. The summed E-state index contributed by atoms with van der Waals surface area (Å²) >= 11 is 9.55. The van der Waals surface area contributed by atoms with E-state index in [2.05, 4.69) is 26.2 Å². The first-order valence-electron chi connectivity index (χ1n) is 8.46. The van der Waals surface area contributed by atoms with E-state index in [1.54, 1.807) is 48.3 Å². The number of amides is 1. The number of rotatable bonds is 6. The number of nitrogens with one attached hydrogen (secondary N) is 1. The summed E-state index contributed by atoms with van der Waals surface area (Å²) in [4.78, 5) is 16.8. The lowest BCUT2D eigenvalue weighted by Crippen LogP contribution is -2.35. The smallest absolute Gasteiger partial charge is 0.258 e. The molecule has 0 fully saturated rings. The minimum absolute atomic E-state index is 0.266. The van der Waals surface area contributed by atoms with Gasteiger partial charge >= 0.3 is 0 Å². The van der Waals surface area contributed by atoms with Gasteiger partial charge in [0, 0.05) is 29.5 Å². The quantitative estimate of drug-likeness (QED) is 0.579. The summed E-state index contributed by atoms with van der Waals surface area (Å²) in [5, 5.41) is 3.20. The highest BCUT2D eigenvalue weighted by atomic mass is 79.9. The maximum atomic E-state index is 14.4. The first kappa shape index (κ1) is 20.4. The van der Waals surface area contributed by atoms with Crippen molar-refractivity contribution in [3.8, 4) is 5.75 Å². The highest BCUT2D eigenvalue weighted by Crippen LogP contribution is 2.32. The lowest BCUT2D eigenvalue weighted by Gasteiger charge is -2.20. The molecule has 146 valence electrons. The van der Waals surface area contributed by atoms with Crippen molar-refractivity contribution in [2.45, 2.75) is 13.0 Å². The molecule has 0 aliphatic rings. The minimum atomic E-state index is -0.751. The molecule has 5 nitrogen and oxygen atoms in total. The largest absolute Gasteiger partial charge is 0.482 e. The predicted molar refractivity (Wildman–Crippen MR) is 109 cm³/mol. The van der Waals surface area contributed by atoms with Crippen molar-refractivity contribution >= 4 is 33.4 Å². The molecule has 3 rings (SSSR count). The molecule has 1 atom stereocenters. The number of aryl methyl sites for hydroxylation is 2. The van der Waals surface area contributed by atoms with Gasteiger partial charge in [-0.25, -0.2) is 9.37 Å². The Morgan fingerprint density at radius 2 is 2.14 bits per heavy atom. The summed E-state index contributed by atoms with van der Waals surface area (Å²) in [6.45, 7) is 1.57. The molecule has 28 heavy (non-hydrogen) atoms. The molecule has 8 heteroatoms. The Labute approximate surface area is 175 Å². The van der Waals surface area contributed by atoms with Crippen LogP contribution in [0.5, 0.6) is 5.75 Å². The van der Waals surface area contributed by atoms with E-state index in [-0.39, 0.29) is 6.61 Å². The first-order chi connectivity index (χ1) is 13.4. The molecule has 1 aromatic heterocycles. The standard InChI is InChI=1S/C20H18BrClFN3O2/c1-12-9-13(21)10-15(22)19(12)28-11-17(27)25-18(20-24-7-8-26(20)2)14-5-3-4-6-16(14)23/h3-10,18H,11H2,1-2H3,(H,25,27)/t18-/m1/s1. The summed E-state index contributed by atoms with van der Waals surface area (Å²) in [7, 11) is 1.78. The van der Waals surface area contributed by atoms with Gasteiger partial charge in [-0.05, 0) is 30.7 Å². The number of nitrogens with zero attached hydrogens (tertiary/aromatic N) is 2. The van der Waals surface area contributed by atoms with Crippen LogP contribution in [-0.2, 0) is 11.8 Å². The molecule has 0 unspecified atom stereocenters. The number of ether oxygens (including phenoxy) is 1. The van der Waals surface area contributed by atoms with E-state index in [1.165, 1.54) is 6.07 Å². The lowest BCUT2D eigenvalue weighted by molar-refractivity contribution is -0.123. The van der Waals surface area contributed by atoms with Crippen molar-refractivity contribution in [3.05, 3.63) is 81.1 Å². The Hall–Kier alpha value is -2.38. The highest BCUT2D eigenvalue weighted by molar-refractivity contribution is 9.10. The van der Waals surface area contributed by atoms with E-state index >= 15 is 0 Å². The van der Waals surface area contributed by atoms with Gasteiger partial charge in [-0.1, -0.05) is 45.7 Å². The van der Waals surface area contributed by atoms with Crippen molar-refractivity contribution in [3.63, 3.8) is 0 Å². The molecular formula is C20H18BrClFN3O2. The van der Waals surface area contributed by atoms with Crippen LogP contribution in [0.15, 0.2) is 53.3 Å². The summed E-state index contributed by atoms with van der Waals surface area (Å²) in [5.74, 6) is 0.0916. The van der Waals surface area contributed by atoms with Crippen molar-refractivity contribution in [2.75, 3.05) is 6.61 Å². The van der Waals surface area contributed by atoms with Crippen LogP contribution in [0.2, 0.25) is 5.02 Å². The zero-order valence-corrected chi connectivity index (χ0v) is 17.6. The van der Waals surface area contributed by atoms with Gasteiger partial charge in [-0.3, -0.25) is 4.79 Å². The van der Waals surface area contributed by atoms with Gasteiger partial charge in [0.25, 0.3) is 5.91 Å². The van der Waals surface area contributed by atoms with E-state index in [1.807, 2.05) is 13.0 Å². The molecule has 0 saturated carbocycles. The number of halogens is 3. The molecule has 3 aromatic rings. The zero-order chi connectivity index (χ0) is 20.3. The second-order valence-corrected chi connectivity index (χ2v) is 7.56. The van der Waals surface area contributed by atoms with Crippen molar-refractivity contribution in [2.24, 2.45) is 7.05 Å². The van der Waals surface area contributed by atoms with Gasteiger partial charge in [-0.2, -0.15) is 0 Å². The van der Waals surface area contributed by atoms with Gasteiger partial charge in [0.2, 0.25) is 0 Å². The Bertz CT molecular complexity index is 986. The average molecular weight is 467 g/mol. The van der Waals surface area contributed by atoms with Gasteiger partial charge < -0.3 is 14.6 Å². The molecule has 0 spiro atoms. The molecule has 0 aliphatic carbocycles. The van der Waals surface area contributed by atoms with Gasteiger partial charge in [0.15, 0.2) is 6.61 Å². The molecule has 2 aromatic carbocycles. The number of carbonyl (C=O) groups excluding carboxylic acids is 1. The van der Waals surface area contributed by atoms with Gasteiger partial charge in [0.1, 0.15) is 23.4 Å². The fraction of sp³-hybridized carbons (Fsp3) is 0.200. The fourth-order valence-corrected chi connectivity index (χ4v) is 3.88. The summed E-state index contributed by atoms with van der Waals surface area (Å²) < 4.78 is 22.5. The van der Waals surface area contributed by atoms with Crippen LogP contribution in [-0.4, -0.2) is 22.1 Å². The van der Waals surface area contributed by atoms with E-state index in [0.29, 0.717) is 22.2 Å². The summed E-state index contributed by atoms with van der Waals surface area (Å²) in [5.41, 5.74) is 1.12. The fourth-order valence-electron chi connectivity index (χ4n) is 2.86. The third kappa shape index (κ3) is 4.54. The van der Waals surface area contributed by atoms with Crippen LogP contribution >= 0.6 is 27.5 Å². The predicted octanol–water partition coefficient (Wildman–Crippen LogP) is 4.57. The maximum absolute atomic E-state index is 14.4. The molecule has 0 radical (unpaired) electrons.